The van der Waals surface area contributed by atoms with Gasteiger partial charge in [0.1, 0.15) is 0 Å². The highest BCUT2D eigenvalue weighted by Crippen LogP contribution is 2.47. The fourth-order valence-electron chi connectivity index (χ4n) is 3.00. The standard InChI is InChI=1S/C21H24NPSi/c1-24(2,3)22-23(19-13-7-4-8-14-19,20-15-9-5-10-16-20)21-17-11-6-12-18-21/h4-18H,1-3H3. The monoisotopic (exact) mass is 349 g/mol. The molecule has 1 nitrogen and oxygen atoms in total. The van der Waals surface area contributed by atoms with E-state index in [-0.39, 0.29) is 0 Å². The molecule has 0 radical (unpaired) electrons. The summed E-state index contributed by atoms with van der Waals surface area (Å²) in [6.45, 7) is 6.99. The largest absolute Gasteiger partial charge is 0.325 e. The SMILES string of the molecule is C[Si](C)(C)N=P(c1ccccc1)(c1ccccc1)c1ccccc1. The van der Waals surface area contributed by atoms with Crippen LogP contribution in [0.25, 0.3) is 0 Å². The summed E-state index contributed by atoms with van der Waals surface area (Å²) in [4.78, 5) is 0. The van der Waals surface area contributed by atoms with Crippen LogP contribution < -0.4 is 15.9 Å². The van der Waals surface area contributed by atoms with Gasteiger partial charge in [0.15, 0.2) is 8.24 Å². The highest BCUT2D eigenvalue weighted by molar-refractivity contribution is 7.88. The summed E-state index contributed by atoms with van der Waals surface area (Å²) >= 11 is 0. The smallest absolute Gasteiger partial charge is 0.171 e. The van der Waals surface area contributed by atoms with Crippen molar-refractivity contribution in [3.05, 3.63) is 91.0 Å². The minimum Gasteiger partial charge on any atom is -0.325 e. The first-order valence-electron chi connectivity index (χ1n) is 8.33. The van der Waals surface area contributed by atoms with Crippen LogP contribution in [0.1, 0.15) is 0 Å². The number of hydrogen-bond acceptors (Lipinski definition) is 1. The topological polar surface area (TPSA) is 12.4 Å². The van der Waals surface area contributed by atoms with Gasteiger partial charge in [-0.05, 0) is 15.9 Å². The molecule has 0 saturated heterocycles. The Morgan fingerprint density at radius 2 is 0.833 bits per heavy atom. The van der Waals surface area contributed by atoms with Gasteiger partial charge < -0.3 is 4.41 Å². The van der Waals surface area contributed by atoms with Crippen molar-refractivity contribution in [3.8, 4) is 0 Å². The molecule has 3 heteroatoms. The summed E-state index contributed by atoms with van der Waals surface area (Å²) in [7, 11) is -3.65. The fourth-order valence-corrected chi connectivity index (χ4v) is 10.7. The third-order valence-electron chi connectivity index (χ3n) is 3.84. The molecular weight excluding hydrogens is 325 g/mol. The summed E-state index contributed by atoms with van der Waals surface area (Å²) < 4.78 is 5.60. The van der Waals surface area contributed by atoms with Crippen molar-refractivity contribution < 1.29 is 0 Å². The van der Waals surface area contributed by atoms with Crippen molar-refractivity contribution in [3.63, 3.8) is 0 Å². The highest BCUT2D eigenvalue weighted by atomic mass is 31.2. The minimum atomic E-state index is -1.99. The Bertz CT molecular complexity index is 734. The molecule has 3 aromatic carbocycles. The van der Waals surface area contributed by atoms with E-state index in [4.69, 9.17) is 4.41 Å². The molecule has 0 aliphatic heterocycles. The first-order chi connectivity index (χ1) is 11.5. The normalized spacial score (nSPS) is 12.0. The van der Waals surface area contributed by atoms with E-state index in [0.717, 1.165) is 0 Å². The van der Waals surface area contributed by atoms with E-state index in [1.807, 2.05) is 0 Å². The Morgan fingerprint density at radius 3 is 1.08 bits per heavy atom. The van der Waals surface area contributed by atoms with Crippen LogP contribution in [0.5, 0.6) is 0 Å². The van der Waals surface area contributed by atoms with E-state index in [0.29, 0.717) is 0 Å². The molecule has 0 bridgehead atoms. The van der Waals surface area contributed by atoms with Crippen LogP contribution in [0.2, 0.25) is 19.6 Å². The maximum absolute atomic E-state index is 5.60. The lowest BCUT2D eigenvalue weighted by atomic mass is 10.4. The quantitative estimate of drug-likeness (QED) is 0.464. The van der Waals surface area contributed by atoms with Crippen molar-refractivity contribution >= 4 is 31.2 Å². The van der Waals surface area contributed by atoms with Gasteiger partial charge in [-0.1, -0.05) is 111 Å². The highest BCUT2D eigenvalue weighted by Gasteiger charge is 2.29. The number of rotatable bonds is 4. The lowest BCUT2D eigenvalue weighted by molar-refractivity contribution is 1.58. The molecule has 0 aromatic heterocycles. The zero-order chi connectivity index (χ0) is 17.0. The lowest BCUT2D eigenvalue weighted by Gasteiger charge is -2.30. The van der Waals surface area contributed by atoms with Crippen LogP contribution in [0, 0.1) is 0 Å². The molecule has 0 aliphatic rings. The average molecular weight is 349 g/mol. The predicted molar refractivity (Wildman–Crippen MR) is 111 cm³/mol. The molecule has 3 rings (SSSR count). The third-order valence-corrected chi connectivity index (χ3v) is 10.6. The Kier molecular flexibility index (Phi) is 4.89. The van der Waals surface area contributed by atoms with Gasteiger partial charge in [-0.2, -0.15) is 0 Å². The third kappa shape index (κ3) is 3.45. The molecule has 122 valence electrons. The Labute approximate surface area is 146 Å². The first-order valence-corrected chi connectivity index (χ1v) is 13.5. The predicted octanol–water partition coefficient (Wildman–Crippen LogP) is 5.00. The van der Waals surface area contributed by atoms with Crippen molar-refractivity contribution in [2.24, 2.45) is 4.41 Å². The number of benzene rings is 3. The second-order valence-electron chi connectivity index (χ2n) is 6.91. The van der Waals surface area contributed by atoms with Gasteiger partial charge in [-0.25, -0.2) is 0 Å². The van der Waals surface area contributed by atoms with Gasteiger partial charge >= 0.3 is 0 Å². The summed E-state index contributed by atoms with van der Waals surface area (Å²) in [6, 6.07) is 32.6. The molecule has 0 spiro atoms. The molecule has 0 saturated carbocycles. The summed E-state index contributed by atoms with van der Waals surface area (Å²) in [5.41, 5.74) is 0. The zero-order valence-electron chi connectivity index (χ0n) is 14.6. The van der Waals surface area contributed by atoms with E-state index >= 15 is 0 Å². The van der Waals surface area contributed by atoms with Crippen molar-refractivity contribution in [2.45, 2.75) is 19.6 Å². The van der Waals surface area contributed by atoms with E-state index in [1.165, 1.54) is 15.9 Å². The molecule has 24 heavy (non-hydrogen) atoms. The fraction of sp³-hybridized carbons (Fsp3) is 0.143. The van der Waals surface area contributed by atoms with Gasteiger partial charge in [-0.15, -0.1) is 0 Å². The Hall–Kier alpha value is -1.89. The van der Waals surface area contributed by atoms with Gasteiger partial charge in [0.05, 0.1) is 0 Å². The van der Waals surface area contributed by atoms with E-state index in [1.54, 1.807) is 0 Å². The van der Waals surface area contributed by atoms with Crippen LogP contribution in [-0.4, -0.2) is 8.24 Å². The molecular formula is C21H24NPSi. The van der Waals surface area contributed by atoms with Gasteiger partial charge in [0.2, 0.25) is 0 Å². The van der Waals surface area contributed by atoms with E-state index in [2.05, 4.69) is 111 Å². The van der Waals surface area contributed by atoms with Crippen LogP contribution in [0.3, 0.4) is 0 Å². The van der Waals surface area contributed by atoms with Crippen molar-refractivity contribution in [1.82, 2.24) is 0 Å². The van der Waals surface area contributed by atoms with Crippen molar-refractivity contribution in [2.75, 3.05) is 0 Å². The summed E-state index contributed by atoms with van der Waals surface area (Å²) in [5, 5.41) is 4.01. The second-order valence-corrected chi connectivity index (χ2v) is 14.9. The first kappa shape index (κ1) is 16.9. The molecule has 0 fully saturated rings. The maximum atomic E-state index is 5.60. The van der Waals surface area contributed by atoms with Crippen LogP contribution >= 0.6 is 7.05 Å². The Morgan fingerprint density at radius 1 is 0.542 bits per heavy atom. The van der Waals surface area contributed by atoms with Crippen LogP contribution in [-0.2, 0) is 0 Å². The van der Waals surface area contributed by atoms with Gasteiger partial charge in [0.25, 0.3) is 0 Å². The van der Waals surface area contributed by atoms with E-state index < -0.39 is 15.3 Å². The second kappa shape index (κ2) is 6.92. The molecule has 0 aliphatic carbocycles. The average Bonchev–Trinajstić information content (AvgIpc) is 2.61. The minimum absolute atomic E-state index is 1.34. The summed E-state index contributed by atoms with van der Waals surface area (Å²) in [5.74, 6) is 0. The summed E-state index contributed by atoms with van der Waals surface area (Å²) in [6.07, 6.45) is 0. The molecule has 0 amide bonds. The van der Waals surface area contributed by atoms with Gasteiger partial charge in [0, 0.05) is 7.05 Å². The van der Waals surface area contributed by atoms with Gasteiger partial charge in [-0.3, -0.25) is 0 Å². The molecule has 0 N–H and O–H groups in total. The van der Waals surface area contributed by atoms with Crippen LogP contribution in [0.4, 0.5) is 0 Å². The zero-order valence-corrected chi connectivity index (χ0v) is 16.4. The van der Waals surface area contributed by atoms with Crippen molar-refractivity contribution in [1.29, 1.82) is 0 Å². The molecule has 0 unspecified atom stereocenters. The number of nitrogens with zero attached hydrogens (tertiary/aromatic N) is 1. The number of hydrogen-bond donors (Lipinski definition) is 0. The van der Waals surface area contributed by atoms with E-state index in [9.17, 15) is 0 Å². The lowest BCUT2D eigenvalue weighted by Crippen LogP contribution is -2.29. The Balaban J connectivity index is 2.45. The molecule has 3 aromatic rings. The maximum Gasteiger partial charge on any atom is 0.171 e. The molecule has 0 atom stereocenters. The van der Waals surface area contributed by atoms with Crippen LogP contribution in [0.15, 0.2) is 95.4 Å². The molecule has 0 heterocycles.